The first-order valence-electron chi connectivity index (χ1n) is 12.0. The number of hydrogen-bond donors (Lipinski definition) is 0. The number of rotatable bonds is 19. The summed E-state index contributed by atoms with van der Waals surface area (Å²) in [5.74, 6) is 0. The molecule has 1 aromatic rings. The summed E-state index contributed by atoms with van der Waals surface area (Å²) >= 11 is 0. The third-order valence-corrected chi connectivity index (χ3v) is 5.66. The summed E-state index contributed by atoms with van der Waals surface area (Å²) in [7, 11) is 0. The van der Waals surface area contributed by atoms with Gasteiger partial charge in [0.15, 0.2) is 0 Å². The van der Waals surface area contributed by atoms with Gasteiger partial charge in [0.25, 0.3) is 0 Å². The molecule has 1 rings (SSSR count). The molecule has 0 spiro atoms. The normalized spacial score (nSPS) is 11.1. The predicted octanol–water partition coefficient (Wildman–Crippen LogP) is 9.27. The first-order valence-corrected chi connectivity index (χ1v) is 12.0. The van der Waals surface area contributed by atoms with Crippen molar-refractivity contribution in [1.29, 1.82) is 0 Å². The molecule has 0 N–H and O–H groups in total. The molecule has 0 saturated carbocycles. The van der Waals surface area contributed by atoms with Gasteiger partial charge >= 0.3 is 0 Å². The monoisotopic (exact) mass is 358 g/mol. The molecule has 0 aliphatic rings. The number of benzene rings is 1. The number of hydrogen-bond acceptors (Lipinski definition) is 0. The second kappa shape index (κ2) is 19.0. The van der Waals surface area contributed by atoms with Gasteiger partial charge in [0.2, 0.25) is 0 Å². The van der Waals surface area contributed by atoms with Crippen LogP contribution in [0.2, 0.25) is 0 Å². The molecule has 0 heteroatoms. The maximum Gasteiger partial charge on any atom is -0.0279 e. The van der Waals surface area contributed by atoms with Crippen LogP contribution in [-0.4, -0.2) is 0 Å². The van der Waals surface area contributed by atoms with Crippen LogP contribution in [0.15, 0.2) is 30.3 Å². The lowest BCUT2D eigenvalue weighted by Gasteiger charge is -2.04. The minimum Gasteiger partial charge on any atom is -0.0654 e. The van der Waals surface area contributed by atoms with Crippen molar-refractivity contribution >= 4 is 0 Å². The van der Waals surface area contributed by atoms with E-state index in [2.05, 4.69) is 37.3 Å². The lowest BCUT2D eigenvalue weighted by Crippen LogP contribution is -1.86. The van der Waals surface area contributed by atoms with Crippen molar-refractivity contribution < 1.29 is 0 Å². The van der Waals surface area contributed by atoms with Crippen LogP contribution < -0.4 is 0 Å². The van der Waals surface area contributed by atoms with E-state index in [1.165, 1.54) is 128 Å². The van der Waals surface area contributed by atoms with Crippen LogP contribution in [0.3, 0.4) is 0 Å². The minimum atomic E-state index is 1.26. The number of unbranched alkanes of at least 4 members (excludes halogenated alkanes) is 17. The van der Waals surface area contributed by atoms with E-state index < -0.39 is 0 Å². The Hall–Kier alpha value is -0.780. The van der Waals surface area contributed by atoms with Crippen molar-refractivity contribution in [3.8, 4) is 0 Å². The average Bonchev–Trinajstić information content (AvgIpc) is 2.68. The molecule has 0 saturated heterocycles. The van der Waals surface area contributed by atoms with Crippen molar-refractivity contribution in [2.24, 2.45) is 0 Å². The molecule has 0 fully saturated rings. The van der Waals surface area contributed by atoms with Crippen LogP contribution in [0.5, 0.6) is 0 Å². The third kappa shape index (κ3) is 15.5. The molecule has 0 nitrogen and oxygen atoms in total. The second-order valence-electron chi connectivity index (χ2n) is 8.25. The second-order valence-corrected chi connectivity index (χ2v) is 8.25. The van der Waals surface area contributed by atoms with E-state index in [9.17, 15) is 0 Å². The Labute approximate surface area is 165 Å². The molecule has 1 aromatic carbocycles. The van der Waals surface area contributed by atoms with E-state index in [4.69, 9.17) is 0 Å². The fraction of sp³-hybridized carbons (Fsp3) is 0.769. The summed E-state index contributed by atoms with van der Waals surface area (Å²) in [6.45, 7) is 2.30. The van der Waals surface area contributed by atoms with Gasteiger partial charge in [0.1, 0.15) is 0 Å². The zero-order valence-electron chi connectivity index (χ0n) is 17.8. The summed E-state index contributed by atoms with van der Waals surface area (Å²) in [6, 6.07) is 10.9. The largest absolute Gasteiger partial charge is 0.0654 e. The lowest BCUT2D eigenvalue weighted by atomic mass is 10.0. The van der Waals surface area contributed by atoms with Crippen molar-refractivity contribution in [2.45, 2.75) is 129 Å². The van der Waals surface area contributed by atoms with Gasteiger partial charge in [-0.15, -0.1) is 0 Å². The average molecular weight is 359 g/mol. The Morgan fingerprint density at radius 1 is 0.423 bits per heavy atom. The van der Waals surface area contributed by atoms with Crippen molar-refractivity contribution in [1.82, 2.24) is 0 Å². The molecule has 0 unspecified atom stereocenters. The van der Waals surface area contributed by atoms with E-state index in [1.807, 2.05) is 0 Å². The van der Waals surface area contributed by atoms with Gasteiger partial charge < -0.3 is 0 Å². The van der Waals surface area contributed by atoms with E-state index >= 15 is 0 Å². The minimum absolute atomic E-state index is 1.26. The molecule has 26 heavy (non-hydrogen) atoms. The van der Waals surface area contributed by atoms with Gasteiger partial charge in [0.05, 0.1) is 0 Å². The van der Waals surface area contributed by atoms with E-state index in [-0.39, 0.29) is 0 Å². The highest BCUT2D eigenvalue weighted by Crippen LogP contribution is 2.14. The Kier molecular flexibility index (Phi) is 17.0. The molecule has 0 heterocycles. The van der Waals surface area contributed by atoms with Gasteiger partial charge in [-0.2, -0.15) is 0 Å². The molecule has 0 aromatic heterocycles. The standard InChI is InChI=1S/C26H46/c1-2-3-4-5-6-7-8-9-10-11-12-13-14-15-16-17-18-20-23-26-24-21-19-22-25-26/h19,21-22,24-25H,2-18,20,23H2,1H3. The van der Waals surface area contributed by atoms with Crippen molar-refractivity contribution in [3.05, 3.63) is 35.9 Å². The SMILES string of the molecule is CCCCCCCCCCCCCCCCCCCCc1ccccc1. The quantitative estimate of drug-likeness (QED) is 0.216. The van der Waals surface area contributed by atoms with Crippen molar-refractivity contribution in [3.63, 3.8) is 0 Å². The van der Waals surface area contributed by atoms with Gasteiger partial charge in [-0.1, -0.05) is 146 Å². The van der Waals surface area contributed by atoms with Crippen LogP contribution >= 0.6 is 0 Å². The number of aryl methyl sites for hydroxylation is 1. The third-order valence-electron chi connectivity index (χ3n) is 5.66. The predicted molar refractivity (Wildman–Crippen MR) is 119 cm³/mol. The smallest absolute Gasteiger partial charge is 0.0279 e. The zero-order chi connectivity index (χ0) is 18.5. The molecule has 0 bridgehead atoms. The van der Waals surface area contributed by atoms with E-state index in [1.54, 1.807) is 0 Å². The summed E-state index contributed by atoms with van der Waals surface area (Å²) in [5.41, 5.74) is 1.50. The van der Waals surface area contributed by atoms with E-state index in [0.29, 0.717) is 0 Å². The summed E-state index contributed by atoms with van der Waals surface area (Å²) in [5, 5.41) is 0. The zero-order valence-corrected chi connectivity index (χ0v) is 17.8. The van der Waals surface area contributed by atoms with Crippen LogP contribution in [0.4, 0.5) is 0 Å². The summed E-state index contributed by atoms with van der Waals surface area (Å²) < 4.78 is 0. The molecular weight excluding hydrogens is 312 g/mol. The topological polar surface area (TPSA) is 0 Å². The van der Waals surface area contributed by atoms with Gasteiger partial charge in [0, 0.05) is 0 Å². The van der Waals surface area contributed by atoms with Gasteiger partial charge in [-0.3, -0.25) is 0 Å². The lowest BCUT2D eigenvalue weighted by molar-refractivity contribution is 0.525. The molecule has 0 atom stereocenters. The van der Waals surface area contributed by atoms with E-state index in [0.717, 1.165) is 0 Å². The molecule has 0 radical (unpaired) electrons. The highest BCUT2D eigenvalue weighted by atomic mass is 14.0. The Morgan fingerprint density at radius 3 is 1.15 bits per heavy atom. The van der Waals surface area contributed by atoms with Gasteiger partial charge in [-0.05, 0) is 18.4 Å². The Morgan fingerprint density at radius 2 is 0.769 bits per heavy atom. The maximum absolute atomic E-state index is 2.30. The fourth-order valence-electron chi connectivity index (χ4n) is 3.88. The van der Waals surface area contributed by atoms with Crippen LogP contribution in [0.1, 0.15) is 128 Å². The fourth-order valence-corrected chi connectivity index (χ4v) is 3.88. The maximum atomic E-state index is 2.30. The Bertz CT molecular complexity index is 367. The van der Waals surface area contributed by atoms with Crippen LogP contribution in [0, 0.1) is 0 Å². The highest BCUT2D eigenvalue weighted by Gasteiger charge is 1.96. The first-order chi connectivity index (χ1) is 12.9. The molecule has 0 amide bonds. The first kappa shape index (κ1) is 23.3. The van der Waals surface area contributed by atoms with Crippen molar-refractivity contribution in [2.75, 3.05) is 0 Å². The highest BCUT2D eigenvalue weighted by molar-refractivity contribution is 5.14. The molecule has 150 valence electrons. The van der Waals surface area contributed by atoms with Crippen LogP contribution in [-0.2, 0) is 6.42 Å². The summed E-state index contributed by atoms with van der Waals surface area (Å²) in [4.78, 5) is 0. The van der Waals surface area contributed by atoms with Gasteiger partial charge in [-0.25, -0.2) is 0 Å². The molecule has 0 aliphatic carbocycles. The molecular formula is C26H46. The Balaban J connectivity index is 1.68. The molecule has 0 aliphatic heterocycles. The summed E-state index contributed by atoms with van der Waals surface area (Å²) in [6.07, 6.45) is 27.4. The van der Waals surface area contributed by atoms with Crippen LogP contribution in [0.25, 0.3) is 0 Å².